The van der Waals surface area contributed by atoms with Crippen LogP contribution in [0.4, 0.5) is 0 Å². The smallest absolute Gasteiger partial charge is 0.291 e. The van der Waals surface area contributed by atoms with Gasteiger partial charge in [0.1, 0.15) is 0 Å². The van der Waals surface area contributed by atoms with Crippen molar-refractivity contribution in [3.05, 3.63) is 67.8 Å². The van der Waals surface area contributed by atoms with E-state index in [1.165, 1.54) is 5.56 Å². The Balaban J connectivity index is 0.000000280. The third-order valence-electron chi connectivity index (χ3n) is 2.21. The van der Waals surface area contributed by atoms with Crippen LogP contribution in [-0.4, -0.2) is 10.3 Å². The van der Waals surface area contributed by atoms with Gasteiger partial charge in [0.05, 0.1) is 0 Å². The number of nitrogens with zero attached hydrogens (tertiary/aromatic N) is 1. The normalized spacial score (nSPS) is 16.4. The predicted octanol–water partition coefficient (Wildman–Crippen LogP) is 2.55. The van der Waals surface area contributed by atoms with Gasteiger partial charge in [-0.15, -0.1) is 10.1 Å². The molecule has 0 saturated carbocycles. The van der Waals surface area contributed by atoms with Crippen molar-refractivity contribution in [1.29, 1.82) is 0 Å². The molecule has 5 heteroatoms. The Morgan fingerprint density at radius 1 is 1.25 bits per heavy atom. The average Bonchev–Trinajstić information content (AvgIpc) is 2.31. The first kappa shape index (κ1) is 12.9. The van der Waals surface area contributed by atoms with E-state index >= 15 is 0 Å². The molecule has 0 aromatic heterocycles. The minimum atomic E-state index is -1.50. The molecule has 0 bridgehead atoms. The van der Waals surface area contributed by atoms with Crippen LogP contribution in [0.15, 0.2) is 52.1 Å². The molecule has 1 aromatic rings. The Kier molecular flexibility index (Phi) is 5.78. The van der Waals surface area contributed by atoms with Crippen molar-refractivity contribution in [2.45, 2.75) is 3.43 Å². The van der Waals surface area contributed by atoms with Crippen LogP contribution < -0.4 is 0 Å². The molecule has 80 valence electrons. The Labute approximate surface area is 106 Å². The molecule has 1 aliphatic heterocycles. The molecule has 0 amide bonds. The molecule has 2 rings (SSSR count). The Hall–Kier alpha value is -1.16. The van der Waals surface area contributed by atoms with Gasteiger partial charge < -0.3 is 5.21 Å². The van der Waals surface area contributed by atoms with E-state index in [0.29, 0.717) is 0 Å². The quantitative estimate of drug-likeness (QED) is 0.443. The van der Waals surface area contributed by atoms with Gasteiger partial charge in [-0.25, -0.2) is 0 Å². The van der Waals surface area contributed by atoms with E-state index in [1.54, 1.807) is 0 Å². The van der Waals surface area contributed by atoms with Crippen molar-refractivity contribution in [3.63, 3.8) is 0 Å². The van der Waals surface area contributed by atoms with Crippen LogP contribution in [0.3, 0.4) is 0 Å². The standard InChI is InChI=1S/C11H10.Hg.HNO3/c1-2-3-5-8-11-9-6-4-7-10-11;;2-1(3)4/h1-10H;;(H,2,3,4). The van der Waals surface area contributed by atoms with E-state index in [0.717, 1.165) is 3.43 Å². The topological polar surface area (TPSA) is 63.4 Å². The first-order valence-corrected chi connectivity index (χ1v) is 11.3. The maximum absolute atomic E-state index is 8.36. The van der Waals surface area contributed by atoms with Gasteiger partial charge >= 0.3 is 85.7 Å². The number of allylic oxidation sites excluding steroid dienone is 3. The van der Waals surface area contributed by atoms with Crippen LogP contribution >= 0.6 is 0 Å². The van der Waals surface area contributed by atoms with Gasteiger partial charge in [0, 0.05) is 0 Å². The van der Waals surface area contributed by atoms with Crippen LogP contribution in [0.25, 0.3) is 0 Å². The van der Waals surface area contributed by atoms with Crippen LogP contribution in [0.1, 0.15) is 8.99 Å². The van der Waals surface area contributed by atoms with Crippen LogP contribution in [0, 0.1) is 10.1 Å². The van der Waals surface area contributed by atoms with E-state index in [4.69, 9.17) is 15.3 Å². The summed E-state index contributed by atoms with van der Waals surface area (Å²) in [6.45, 7) is 0. The van der Waals surface area contributed by atoms with E-state index < -0.39 is 29.7 Å². The molecule has 0 aliphatic carbocycles. The molecule has 0 fully saturated rings. The van der Waals surface area contributed by atoms with E-state index in [1.807, 2.05) is 0 Å². The number of hydrogen-bond donors (Lipinski definition) is 1. The molecule has 0 radical (unpaired) electrons. The van der Waals surface area contributed by atoms with Crippen molar-refractivity contribution >= 4 is 0 Å². The molecule has 1 unspecified atom stereocenters. The molecular weight excluding hydrogens is 395 g/mol. The second-order valence-corrected chi connectivity index (χ2v) is 10.4. The second-order valence-electron chi connectivity index (χ2n) is 3.30. The molecular formula is C11H11HgNO3. The van der Waals surface area contributed by atoms with E-state index in [9.17, 15) is 0 Å². The fourth-order valence-electron chi connectivity index (χ4n) is 1.53. The third-order valence-corrected chi connectivity index (χ3v) is 9.19. The molecule has 1 atom stereocenters. The average molecular weight is 406 g/mol. The molecule has 0 spiro atoms. The summed E-state index contributed by atoms with van der Waals surface area (Å²) in [7, 11) is 0. The SMILES string of the molecule is C1=[CH][Hg][CH](c2ccccc2)C=C1.O=[N+]([O-])O. The second kappa shape index (κ2) is 7.17. The minimum Gasteiger partial charge on any atom is -0.328 e. The van der Waals surface area contributed by atoms with Crippen molar-refractivity contribution < 1.29 is 34.9 Å². The molecule has 1 N–H and O–H groups in total. The molecule has 0 saturated heterocycles. The zero-order valence-corrected chi connectivity index (χ0v) is 14.2. The summed E-state index contributed by atoms with van der Waals surface area (Å²) < 4.78 is 3.26. The summed E-state index contributed by atoms with van der Waals surface area (Å²) in [5, 5.41) is 13.6. The van der Waals surface area contributed by atoms with Crippen LogP contribution in [0.2, 0.25) is 0 Å². The number of benzene rings is 1. The fourth-order valence-corrected chi connectivity index (χ4v) is 7.23. The Morgan fingerprint density at radius 3 is 2.38 bits per heavy atom. The Morgan fingerprint density at radius 2 is 1.88 bits per heavy atom. The van der Waals surface area contributed by atoms with Gasteiger partial charge in [0.2, 0.25) is 0 Å². The van der Waals surface area contributed by atoms with Crippen molar-refractivity contribution in [1.82, 2.24) is 0 Å². The van der Waals surface area contributed by atoms with Crippen molar-refractivity contribution in [2.24, 2.45) is 0 Å². The van der Waals surface area contributed by atoms with Gasteiger partial charge in [-0.2, -0.15) is 0 Å². The summed E-state index contributed by atoms with van der Waals surface area (Å²) in [6, 6.07) is 10.8. The third kappa shape index (κ3) is 5.07. The van der Waals surface area contributed by atoms with Gasteiger partial charge in [-0.3, -0.25) is 0 Å². The fraction of sp³-hybridized carbons (Fsp3) is 0.0909. The molecule has 1 aliphatic rings. The maximum atomic E-state index is 8.36. The van der Waals surface area contributed by atoms with Crippen LogP contribution in [0.5, 0.6) is 0 Å². The van der Waals surface area contributed by atoms with Crippen LogP contribution in [-0.2, 0) is 24.6 Å². The first-order chi connectivity index (χ1) is 7.70. The van der Waals surface area contributed by atoms with E-state index in [-0.39, 0.29) is 0 Å². The Bertz CT molecular complexity index is 385. The minimum absolute atomic E-state index is 0.753. The summed E-state index contributed by atoms with van der Waals surface area (Å²) in [6.07, 6.45) is 6.75. The van der Waals surface area contributed by atoms with Gasteiger partial charge in [0.25, 0.3) is 5.09 Å². The van der Waals surface area contributed by atoms with Gasteiger partial charge in [-0.1, -0.05) is 0 Å². The molecule has 16 heavy (non-hydrogen) atoms. The number of hydrogen-bond acceptors (Lipinski definition) is 2. The first-order valence-electron chi connectivity index (χ1n) is 4.91. The maximum Gasteiger partial charge on any atom is 0.291 e. The molecule has 1 aromatic carbocycles. The zero-order chi connectivity index (χ0) is 11.8. The number of rotatable bonds is 1. The molecule has 1 heterocycles. The van der Waals surface area contributed by atoms with Gasteiger partial charge in [0.15, 0.2) is 0 Å². The van der Waals surface area contributed by atoms with Crippen molar-refractivity contribution in [2.75, 3.05) is 0 Å². The summed E-state index contributed by atoms with van der Waals surface area (Å²) in [5.74, 6) is 0. The van der Waals surface area contributed by atoms with Gasteiger partial charge in [-0.05, 0) is 0 Å². The summed E-state index contributed by atoms with van der Waals surface area (Å²) >= 11 is -0.753. The largest absolute Gasteiger partial charge is 0.328 e. The zero-order valence-electron chi connectivity index (χ0n) is 8.69. The summed E-state index contributed by atoms with van der Waals surface area (Å²) in [5.41, 5.74) is 1.51. The monoisotopic (exact) mass is 407 g/mol. The predicted molar refractivity (Wildman–Crippen MR) is 56.2 cm³/mol. The molecule has 4 nitrogen and oxygen atoms in total. The summed E-state index contributed by atoms with van der Waals surface area (Å²) in [4.78, 5) is 8.36. The van der Waals surface area contributed by atoms with Crippen molar-refractivity contribution in [3.8, 4) is 0 Å². The van der Waals surface area contributed by atoms with E-state index in [2.05, 4.69) is 52.1 Å².